The van der Waals surface area contributed by atoms with Crippen molar-refractivity contribution in [2.75, 3.05) is 50.8 Å². The largest absolute Gasteiger partial charge is 0.451 e. The summed E-state index contributed by atoms with van der Waals surface area (Å²) in [4.78, 5) is 43.7. The lowest BCUT2D eigenvalue weighted by atomic mass is 9.96. The number of hydrogen-bond acceptors (Lipinski definition) is 9. The number of aromatic amines is 2. The molecule has 3 aromatic heterocycles. The van der Waals surface area contributed by atoms with Crippen molar-refractivity contribution in [3.63, 3.8) is 0 Å². The molecule has 0 bridgehead atoms. The van der Waals surface area contributed by atoms with E-state index in [1.165, 1.54) is 0 Å². The number of carbonyl (C=O) groups is 1. The molecule has 6 rings (SSSR count). The Hall–Kier alpha value is -4.08. The maximum atomic E-state index is 13.6. The molecule has 1 unspecified atom stereocenters. The molecule has 44 heavy (non-hydrogen) atoms. The van der Waals surface area contributed by atoms with E-state index in [2.05, 4.69) is 35.4 Å². The van der Waals surface area contributed by atoms with Crippen LogP contribution >= 0.6 is 11.6 Å². The van der Waals surface area contributed by atoms with Crippen molar-refractivity contribution in [1.29, 1.82) is 0 Å². The summed E-state index contributed by atoms with van der Waals surface area (Å²) in [6.07, 6.45) is -0.769. The Kier molecular flexibility index (Phi) is 8.51. The number of anilines is 1. The lowest BCUT2D eigenvalue weighted by molar-refractivity contribution is -0.145. The number of piperidine rings is 1. The van der Waals surface area contributed by atoms with Gasteiger partial charge >= 0.3 is 11.9 Å². The van der Waals surface area contributed by atoms with Crippen molar-refractivity contribution in [1.82, 2.24) is 40.3 Å². The average Bonchev–Trinajstić information content (AvgIpc) is 3.47. The summed E-state index contributed by atoms with van der Waals surface area (Å²) in [5.74, 6) is -0.0907. The fourth-order valence-corrected chi connectivity index (χ4v) is 5.96. The molecule has 0 saturated carbocycles. The Balaban J connectivity index is 1.18. The molecule has 5 heterocycles. The van der Waals surface area contributed by atoms with E-state index in [-0.39, 0.29) is 28.7 Å². The first-order valence-corrected chi connectivity index (χ1v) is 14.5. The molecular formula is C28H29ClF3N9O3. The Morgan fingerprint density at radius 1 is 1.09 bits per heavy atom. The zero-order chi connectivity index (χ0) is 30.8. The number of amides is 1. The third-order valence-corrected chi connectivity index (χ3v) is 8.33. The predicted octanol–water partition coefficient (Wildman–Crippen LogP) is 3.30. The Morgan fingerprint density at radius 3 is 2.48 bits per heavy atom. The number of morpholine rings is 1. The van der Waals surface area contributed by atoms with Gasteiger partial charge in [-0.15, -0.1) is 0 Å². The monoisotopic (exact) mass is 631 g/mol. The first kappa shape index (κ1) is 30.0. The molecule has 2 fully saturated rings. The van der Waals surface area contributed by atoms with Crippen molar-refractivity contribution in [3.8, 4) is 0 Å². The minimum Gasteiger partial charge on any atom is -0.379 e. The van der Waals surface area contributed by atoms with E-state index in [4.69, 9.17) is 21.3 Å². The molecule has 0 spiro atoms. The molecule has 2 aliphatic heterocycles. The smallest absolute Gasteiger partial charge is 0.379 e. The molecule has 0 radical (unpaired) electrons. The predicted molar refractivity (Wildman–Crippen MR) is 155 cm³/mol. The van der Waals surface area contributed by atoms with Crippen LogP contribution in [0, 0.1) is 0 Å². The van der Waals surface area contributed by atoms with Crippen LogP contribution < -0.4 is 15.9 Å². The second kappa shape index (κ2) is 12.5. The SMILES string of the molecule is O=C(NCC(c1cnc(C(F)(F)F)nc1)N1CCOCC1)c1c(Cl)ccc2nc(N3CCC(c4n[nH]c(=O)[nH]4)CC3)ccc12. The van der Waals surface area contributed by atoms with E-state index in [9.17, 15) is 22.8 Å². The summed E-state index contributed by atoms with van der Waals surface area (Å²) in [6, 6.07) is 6.57. The van der Waals surface area contributed by atoms with E-state index in [1.54, 1.807) is 12.1 Å². The molecule has 4 aromatic rings. The Morgan fingerprint density at radius 2 is 1.82 bits per heavy atom. The van der Waals surface area contributed by atoms with Crippen molar-refractivity contribution in [2.45, 2.75) is 31.0 Å². The fourth-order valence-electron chi connectivity index (χ4n) is 5.71. The van der Waals surface area contributed by atoms with Crippen molar-refractivity contribution in [3.05, 3.63) is 74.9 Å². The van der Waals surface area contributed by atoms with E-state index >= 15 is 0 Å². The number of nitrogens with zero attached hydrogens (tertiary/aromatic N) is 6. The van der Waals surface area contributed by atoms with Crippen LogP contribution in [0.4, 0.5) is 19.0 Å². The van der Waals surface area contributed by atoms with Crippen LogP contribution in [0.2, 0.25) is 5.02 Å². The van der Waals surface area contributed by atoms with Gasteiger partial charge in [-0.05, 0) is 37.1 Å². The maximum absolute atomic E-state index is 13.6. The van der Waals surface area contributed by atoms with Crippen LogP contribution in [0.3, 0.4) is 0 Å². The number of halogens is 4. The number of alkyl halides is 3. The second-order valence-electron chi connectivity index (χ2n) is 10.7. The van der Waals surface area contributed by atoms with Gasteiger partial charge in [0.2, 0.25) is 5.82 Å². The number of pyridine rings is 1. The third-order valence-electron chi connectivity index (χ3n) is 8.01. The van der Waals surface area contributed by atoms with Crippen LogP contribution in [0.1, 0.15) is 52.4 Å². The summed E-state index contributed by atoms with van der Waals surface area (Å²) < 4.78 is 44.6. The maximum Gasteiger partial charge on any atom is 0.451 e. The Labute approximate surface area is 254 Å². The van der Waals surface area contributed by atoms with Gasteiger partial charge in [-0.3, -0.25) is 14.7 Å². The highest BCUT2D eigenvalue weighted by atomic mass is 35.5. The topological polar surface area (TPSA) is 145 Å². The highest BCUT2D eigenvalue weighted by molar-refractivity contribution is 6.35. The third kappa shape index (κ3) is 6.39. The highest BCUT2D eigenvalue weighted by Crippen LogP contribution is 2.31. The second-order valence-corrected chi connectivity index (χ2v) is 11.1. The average molecular weight is 632 g/mol. The molecular weight excluding hydrogens is 603 g/mol. The van der Waals surface area contributed by atoms with Crippen LogP contribution in [0.15, 0.2) is 41.5 Å². The summed E-state index contributed by atoms with van der Waals surface area (Å²) in [5.41, 5.74) is 0.978. The number of rotatable bonds is 7. The van der Waals surface area contributed by atoms with E-state index in [0.717, 1.165) is 44.1 Å². The van der Waals surface area contributed by atoms with Crippen LogP contribution in [-0.2, 0) is 10.9 Å². The van der Waals surface area contributed by atoms with Gasteiger partial charge in [0.25, 0.3) is 5.91 Å². The molecule has 232 valence electrons. The number of aromatic nitrogens is 6. The molecule has 1 atom stereocenters. The van der Waals surface area contributed by atoms with Gasteiger partial charge in [0, 0.05) is 62.0 Å². The standard InChI is InChI=1S/C28H29ClF3N9O3/c29-19-2-3-20-18(1-4-22(36-20)41-7-5-16(6-8-41)24-37-27(43)39-38-24)23(19)25(42)33-15-21(40-9-11-44-12-10-40)17-13-34-26(35-14-17)28(30,31)32/h1-4,13-14,16,21H,5-12,15H2,(H,33,42)(H2,37,38,39,43). The minimum absolute atomic E-state index is 0.0853. The van der Waals surface area contributed by atoms with Gasteiger partial charge in [-0.25, -0.2) is 24.8 Å². The van der Waals surface area contributed by atoms with E-state index in [0.29, 0.717) is 48.6 Å². The van der Waals surface area contributed by atoms with Crippen molar-refractivity contribution in [2.24, 2.45) is 0 Å². The number of hydrogen-bond donors (Lipinski definition) is 3. The lowest BCUT2D eigenvalue weighted by Gasteiger charge is -2.34. The number of carbonyl (C=O) groups excluding carboxylic acids is 1. The number of ether oxygens (including phenoxy) is 1. The summed E-state index contributed by atoms with van der Waals surface area (Å²) in [6.45, 7) is 3.48. The van der Waals surface area contributed by atoms with Crippen LogP contribution in [-0.4, -0.2) is 86.9 Å². The number of fused-ring (bicyclic) bond motifs is 1. The van der Waals surface area contributed by atoms with Gasteiger partial charge in [0.15, 0.2) is 0 Å². The van der Waals surface area contributed by atoms with Crippen LogP contribution in [0.5, 0.6) is 0 Å². The highest BCUT2D eigenvalue weighted by Gasteiger charge is 2.35. The van der Waals surface area contributed by atoms with Gasteiger partial charge in [-0.1, -0.05) is 11.6 Å². The minimum atomic E-state index is -4.65. The fraction of sp³-hybridized carbons (Fsp3) is 0.429. The van der Waals surface area contributed by atoms with Crippen molar-refractivity contribution >= 4 is 34.2 Å². The molecule has 12 nitrogen and oxygen atoms in total. The molecule has 16 heteroatoms. The van der Waals surface area contributed by atoms with Crippen LogP contribution in [0.25, 0.3) is 10.9 Å². The van der Waals surface area contributed by atoms with Crippen molar-refractivity contribution < 1.29 is 22.7 Å². The van der Waals surface area contributed by atoms with Gasteiger partial charge in [-0.2, -0.15) is 18.3 Å². The first-order chi connectivity index (χ1) is 21.2. The number of nitrogens with one attached hydrogen (secondary N) is 3. The normalized spacial score (nSPS) is 17.6. The van der Waals surface area contributed by atoms with E-state index in [1.807, 2.05) is 17.0 Å². The summed E-state index contributed by atoms with van der Waals surface area (Å²) in [7, 11) is 0. The summed E-state index contributed by atoms with van der Waals surface area (Å²) >= 11 is 6.52. The van der Waals surface area contributed by atoms with Gasteiger partial charge in [0.1, 0.15) is 11.6 Å². The Bertz CT molecular complexity index is 1680. The first-order valence-electron chi connectivity index (χ1n) is 14.2. The van der Waals surface area contributed by atoms with Gasteiger partial charge in [0.05, 0.1) is 35.4 Å². The molecule has 2 saturated heterocycles. The quantitative estimate of drug-likeness (QED) is 0.280. The lowest BCUT2D eigenvalue weighted by Crippen LogP contribution is -2.44. The van der Waals surface area contributed by atoms with E-state index < -0.39 is 23.9 Å². The molecule has 1 amide bonds. The number of H-pyrrole nitrogens is 2. The molecule has 3 N–H and O–H groups in total. The molecule has 2 aliphatic rings. The zero-order valence-corrected chi connectivity index (χ0v) is 24.2. The zero-order valence-electron chi connectivity index (χ0n) is 23.4. The number of benzene rings is 1. The molecule has 0 aliphatic carbocycles. The van der Waals surface area contributed by atoms with Gasteiger partial charge < -0.3 is 15.0 Å². The molecule has 1 aromatic carbocycles. The summed E-state index contributed by atoms with van der Waals surface area (Å²) in [5, 5.41) is 10.2.